The maximum atomic E-state index is 3.42. The van der Waals surface area contributed by atoms with Gasteiger partial charge in [-0.3, -0.25) is 0 Å². The summed E-state index contributed by atoms with van der Waals surface area (Å²) in [5, 5.41) is 3.42. The molecule has 0 aliphatic carbocycles. The summed E-state index contributed by atoms with van der Waals surface area (Å²) < 4.78 is 0. The Labute approximate surface area is 65.2 Å². The molecule has 0 heterocycles. The van der Waals surface area contributed by atoms with Crippen molar-refractivity contribution >= 4 is 0 Å². The average molecular weight is 143 g/mol. The van der Waals surface area contributed by atoms with Crippen LogP contribution in [0.1, 0.15) is 34.1 Å². The van der Waals surface area contributed by atoms with Crippen LogP contribution in [0.5, 0.6) is 0 Å². The fraction of sp³-hybridized carbons (Fsp3) is 1.00. The molecule has 62 valence electrons. The molecule has 0 bridgehead atoms. The average Bonchev–Trinajstić information content (AvgIpc) is 1.88. The van der Waals surface area contributed by atoms with Crippen molar-refractivity contribution in [1.29, 1.82) is 0 Å². The van der Waals surface area contributed by atoms with Crippen LogP contribution in [0.2, 0.25) is 0 Å². The molecule has 0 saturated heterocycles. The van der Waals surface area contributed by atoms with Crippen molar-refractivity contribution in [1.82, 2.24) is 5.32 Å². The van der Waals surface area contributed by atoms with Crippen molar-refractivity contribution in [3.63, 3.8) is 0 Å². The Morgan fingerprint density at radius 1 is 1.20 bits per heavy atom. The summed E-state index contributed by atoms with van der Waals surface area (Å²) in [4.78, 5) is 0. The molecule has 0 fully saturated rings. The smallest absolute Gasteiger partial charge is 0.00207 e. The van der Waals surface area contributed by atoms with Crippen LogP contribution in [-0.4, -0.2) is 13.1 Å². The summed E-state index contributed by atoms with van der Waals surface area (Å²) >= 11 is 0. The Hall–Kier alpha value is -0.0400. The van der Waals surface area contributed by atoms with Gasteiger partial charge in [0, 0.05) is 0 Å². The third-order valence-electron chi connectivity index (χ3n) is 2.03. The monoisotopic (exact) mass is 143 g/mol. The first kappa shape index (κ1) is 9.96. The first-order chi connectivity index (χ1) is 4.68. The Bertz CT molecular complexity index is 69.1. The second kappa shape index (κ2) is 5.72. The second-order valence-corrected chi connectivity index (χ2v) is 3.43. The van der Waals surface area contributed by atoms with Gasteiger partial charge >= 0.3 is 0 Å². The zero-order valence-corrected chi connectivity index (χ0v) is 7.78. The van der Waals surface area contributed by atoms with E-state index >= 15 is 0 Å². The fourth-order valence-electron chi connectivity index (χ4n) is 0.742. The maximum Gasteiger partial charge on any atom is -0.00207 e. The van der Waals surface area contributed by atoms with Crippen LogP contribution >= 0.6 is 0 Å². The molecule has 0 aliphatic rings. The fourth-order valence-corrected chi connectivity index (χ4v) is 0.742. The van der Waals surface area contributed by atoms with Crippen LogP contribution in [0.3, 0.4) is 0 Å². The van der Waals surface area contributed by atoms with Crippen LogP contribution in [0, 0.1) is 11.8 Å². The van der Waals surface area contributed by atoms with Gasteiger partial charge in [0.25, 0.3) is 0 Å². The third kappa shape index (κ3) is 4.80. The topological polar surface area (TPSA) is 12.0 Å². The van der Waals surface area contributed by atoms with Gasteiger partial charge in [-0.25, -0.2) is 0 Å². The van der Waals surface area contributed by atoms with E-state index in [1.54, 1.807) is 0 Å². The van der Waals surface area contributed by atoms with Crippen LogP contribution < -0.4 is 5.32 Å². The van der Waals surface area contributed by atoms with Crippen molar-refractivity contribution in [2.75, 3.05) is 13.1 Å². The molecule has 0 radical (unpaired) electrons. The lowest BCUT2D eigenvalue weighted by molar-refractivity contribution is 0.393. The predicted molar refractivity (Wildman–Crippen MR) is 47.2 cm³/mol. The maximum absolute atomic E-state index is 3.42. The summed E-state index contributed by atoms with van der Waals surface area (Å²) in [5.41, 5.74) is 0. The molecular formula is C9H21N. The zero-order chi connectivity index (χ0) is 7.98. The van der Waals surface area contributed by atoms with Gasteiger partial charge in [0.1, 0.15) is 0 Å². The lowest BCUT2D eigenvalue weighted by atomic mass is 9.98. The van der Waals surface area contributed by atoms with Gasteiger partial charge in [0.05, 0.1) is 0 Å². The third-order valence-corrected chi connectivity index (χ3v) is 2.03. The zero-order valence-electron chi connectivity index (χ0n) is 7.78. The number of hydrogen-bond donors (Lipinski definition) is 1. The van der Waals surface area contributed by atoms with Gasteiger partial charge < -0.3 is 5.32 Å². The van der Waals surface area contributed by atoms with E-state index in [0.29, 0.717) is 0 Å². The SMILES string of the molecule is CCCNC[C@H](C)C(C)C. The van der Waals surface area contributed by atoms with Crippen LogP contribution in [0.4, 0.5) is 0 Å². The highest BCUT2D eigenvalue weighted by molar-refractivity contribution is 4.59. The summed E-state index contributed by atoms with van der Waals surface area (Å²) in [6.45, 7) is 11.4. The minimum Gasteiger partial charge on any atom is -0.316 e. The van der Waals surface area contributed by atoms with Gasteiger partial charge in [0.2, 0.25) is 0 Å². The summed E-state index contributed by atoms with van der Waals surface area (Å²) in [6, 6.07) is 0. The molecule has 0 unspecified atom stereocenters. The molecule has 0 rings (SSSR count). The highest BCUT2D eigenvalue weighted by Gasteiger charge is 2.04. The standard InChI is InChI=1S/C9H21N/c1-5-6-10-7-9(4)8(2)3/h8-10H,5-7H2,1-4H3/t9-/m0/s1. The van der Waals surface area contributed by atoms with E-state index < -0.39 is 0 Å². The predicted octanol–water partition coefficient (Wildman–Crippen LogP) is 2.28. The van der Waals surface area contributed by atoms with Crippen LogP contribution in [0.25, 0.3) is 0 Å². The lowest BCUT2D eigenvalue weighted by Gasteiger charge is -2.15. The Morgan fingerprint density at radius 3 is 2.20 bits per heavy atom. The minimum absolute atomic E-state index is 0.810. The first-order valence-electron chi connectivity index (χ1n) is 4.39. The molecule has 0 saturated carbocycles. The highest BCUT2D eigenvalue weighted by Crippen LogP contribution is 2.07. The number of hydrogen-bond acceptors (Lipinski definition) is 1. The summed E-state index contributed by atoms with van der Waals surface area (Å²) in [7, 11) is 0. The van der Waals surface area contributed by atoms with Crippen molar-refractivity contribution < 1.29 is 0 Å². The molecule has 0 aliphatic heterocycles. The molecule has 0 aromatic heterocycles. The molecule has 0 aromatic carbocycles. The molecule has 10 heavy (non-hydrogen) atoms. The molecule has 0 spiro atoms. The number of rotatable bonds is 5. The minimum atomic E-state index is 0.810. The van der Waals surface area contributed by atoms with E-state index in [1.807, 2.05) is 0 Å². The van der Waals surface area contributed by atoms with Gasteiger partial charge in [-0.15, -0.1) is 0 Å². The Morgan fingerprint density at radius 2 is 1.80 bits per heavy atom. The molecule has 1 nitrogen and oxygen atoms in total. The Balaban J connectivity index is 3.13. The van der Waals surface area contributed by atoms with Gasteiger partial charge in [0.15, 0.2) is 0 Å². The summed E-state index contributed by atoms with van der Waals surface area (Å²) in [6.07, 6.45) is 1.24. The Kier molecular flexibility index (Phi) is 5.70. The highest BCUT2D eigenvalue weighted by atomic mass is 14.8. The van der Waals surface area contributed by atoms with Gasteiger partial charge in [-0.1, -0.05) is 27.7 Å². The van der Waals surface area contributed by atoms with E-state index in [0.717, 1.165) is 18.4 Å². The molecule has 1 atom stereocenters. The van der Waals surface area contributed by atoms with Crippen LogP contribution in [-0.2, 0) is 0 Å². The first-order valence-corrected chi connectivity index (χ1v) is 4.39. The van der Waals surface area contributed by atoms with Crippen LogP contribution in [0.15, 0.2) is 0 Å². The van der Waals surface area contributed by atoms with E-state index in [-0.39, 0.29) is 0 Å². The van der Waals surface area contributed by atoms with E-state index in [1.165, 1.54) is 13.0 Å². The van der Waals surface area contributed by atoms with Gasteiger partial charge in [-0.2, -0.15) is 0 Å². The molecule has 0 aromatic rings. The molecule has 1 heteroatoms. The summed E-state index contributed by atoms with van der Waals surface area (Å²) in [5.74, 6) is 1.62. The van der Waals surface area contributed by atoms with Crippen molar-refractivity contribution in [2.24, 2.45) is 11.8 Å². The molecule has 1 N–H and O–H groups in total. The second-order valence-electron chi connectivity index (χ2n) is 3.43. The van der Waals surface area contributed by atoms with Gasteiger partial charge in [-0.05, 0) is 31.3 Å². The quantitative estimate of drug-likeness (QED) is 0.582. The molecule has 0 amide bonds. The van der Waals surface area contributed by atoms with Crippen molar-refractivity contribution in [2.45, 2.75) is 34.1 Å². The van der Waals surface area contributed by atoms with E-state index in [2.05, 4.69) is 33.0 Å². The normalized spacial score (nSPS) is 14.1. The van der Waals surface area contributed by atoms with E-state index in [9.17, 15) is 0 Å². The van der Waals surface area contributed by atoms with Crippen molar-refractivity contribution in [3.05, 3.63) is 0 Å². The molecular weight excluding hydrogens is 122 g/mol. The lowest BCUT2D eigenvalue weighted by Crippen LogP contribution is -2.24. The number of nitrogens with one attached hydrogen (secondary N) is 1. The van der Waals surface area contributed by atoms with E-state index in [4.69, 9.17) is 0 Å². The largest absolute Gasteiger partial charge is 0.316 e. The van der Waals surface area contributed by atoms with Crippen molar-refractivity contribution in [3.8, 4) is 0 Å².